The summed E-state index contributed by atoms with van der Waals surface area (Å²) in [5.74, 6) is -0.967. The van der Waals surface area contributed by atoms with Crippen LogP contribution in [0.5, 0.6) is 0 Å². The van der Waals surface area contributed by atoms with Gasteiger partial charge in [-0.05, 0) is 28.0 Å². The average molecular weight is 463 g/mol. The maximum absolute atomic E-state index is 13.0. The summed E-state index contributed by atoms with van der Waals surface area (Å²) < 4.78 is 1.27. The highest BCUT2D eigenvalue weighted by atomic mass is 16.2. The zero-order valence-electron chi connectivity index (χ0n) is 18.8. The molecule has 0 saturated heterocycles. The number of nitrogens with one attached hydrogen (secondary N) is 2. The molecule has 0 radical (unpaired) electrons. The third-order valence-electron chi connectivity index (χ3n) is 5.80. The molecule has 0 unspecified atom stereocenters. The molecule has 1 aromatic heterocycles. The topological polar surface area (TPSA) is 93.1 Å². The Morgan fingerprint density at radius 3 is 2.17 bits per heavy atom. The number of hydrazine groups is 1. The molecule has 172 valence electrons. The molecule has 0 spiro atoms. The zero-order chi connectivity index (χ0) is 24.2. The molecule has 2 amide bonds. The molecule has 35 heavy (non-hydrogen) atoms. The Hall–Kier alpha value is -4.78. The first kappa shape index (κ1) is 22.0. The Kier molecular flexibility index (Phi) is 6.05. The third-order valence-corrected chi connectivity index (χ3v) is 5.80. The quantitative estimate of drug-likeness (QED) is 0.390. The number of benzene rings is 4. The van der Waals surface area contributed by atoms with Crippen LogP contribution in [0, 0.1) is 0 Å². The summed E-state index contributed by atoms with van der Waals surface area (Å²) in [6.45, 7) is 0.220. The Balaban J connectivity index is 1.38. The number of rotatable bonds is 5. The monoisotopic (exact) mass is 462 g/mol. The fraction of sp³-hybridized carbons (Fsp3) is 0.0714. The predicted octanol–water partition coefficient (Wildman–Crippen LogP) is 3.60. The lowest BCUT2D eigenvalue weighted by atomic mass is 10.0. The number of carbonyl (C=O) groups excluding carboxylic acids is 2. The number of amides is 2. The van der Waals surface area contributed by atoms with E-state index in [1.165, 1.54) is 4.68 Å². The van der Waals surface area contributed by atoms with Gasteiger partial charge >= 0.3 is 0 Å². The largest absolute Gasteiger partial charge is 0.290 e. The number of hydrogen-bond acceptors (Lipinski definition) is 4. The first-order valence-corrected chi connectivity index (χ1v) is 11.2. The van der Waals surface area contributed by atoms with Crippen LogP contribution < -0.4 is 16.4 Å². The molecule has 1 heterocycles. The molecule has 0 aliphatic rings. The van der Waals surface area contributed by atoms with E-state index in [1.807, 2.05) is 72.8 Å². The molecule has 2 N–H and O–H groups in total. The summed E-state index contributed by atoms with van der Waals surface area (Å²) in [4.78, 5) is 38.6. The molecule has 0 atom stereocenters. The Bertz CT molecular complexity index is 1600. The normalized spacial score (nSPS) is 10.9. The predicted molar refractivity (Wildman–Crippen MR) is 135 cm³/mol. The molecular formula is C28H22N4O3. The van der Waals surface area contributed by atoms with Gasteiger partial charge in [0.1, 0.15) is 0 Å². The first-order chi connectivity index (χ1) is 17.1. The van der Waals surface area contributed by atoms with Crippen molar-refractivity contribution in [2.75, 3.05) is 0 Å². The lowest BCUT2D eigenvalue weighted by Gasteiger charge is -2.12. The average Bonchev–Trinajstić information content (AvgIpc) is 2.90. The van der Waals surface area contributed by atoms with Crippen molar-refractivity contribution >= 4 is 33.4 Å². The van der Waals surface area contributed by atoms with Crippen LogP contribution >= 0.6 is 0 Å². The van der Waals surface area contributed by atoms with Crippen LogP contribution in [0.25, 0.3) is 21.5 Å². The van der Waals surface area contributed by atoms with E-state index in [1.54, 1.807) is 24.3 Å². The number of aromatic nitrogens is 2. The van der Waals surface area contributed by atoms with E-state index < -0.39 is 5.91 Å². The minimum atomic E-state index is -0.603. The van der Waals surface area contributed by atoms with E-state index in [0.717, 1.165) is 21.9 Å². The Morgan fingerprint density at radius 2 is 1.37 bits per heavy atom. The Morgan fingerprint density at radius 1 is 0.714 bits per heavy atom. The maximum Gasteiger partial charge on any atom is 0.290 e. The van der Waals surface area contributed by atoms with Gasteiger partial charge in [0.25, 0.3) is 11.5 Å². The van der Waals surface area contributed by atoms with Gasteiger partial charge < -0.3 is 0 Å². The molecule has 4 aromatic carbocycles. The van der Waals surface area contributed by atoms with Crippen molar-refractivity contribution in [1.82, 2.24) is 20.6 Å². The minimum absolute atomic E-state index is 0.0570. The fourth-order valence-corrected chi connectivity index (χ4v) is 4.12. The molecule has 0 fully saturated rings. The summed E-state index contributed by atoms with van der Waals surface area (Å²) in [7, 11) is 0. The lowest BCUT2D eigenvalue weighted by molar-refractivity contribution is -0.121. The van der Waals surface area contributed by atoms with Gasteiger partial charge in [0, 0.05) is 5.39 Å². The fourth-order valence-electron chi connectivity index (χ4n) is 4.12. The van der Waals surface area contributed by atoms with Crippen molar-refractivity contribution in [3.8, 4) is 0 Å². The van der Waals surface area contributed by atoms with Crippen LogP contribution in [0.2, 0.25) is 0 Å². The van der Waals surface area contributed by atoms with Crippen LogP contribution in [-0.4, -0.2) is 21.6 Å². The van der Waals surface area contributed by atoms with E-state index in [4.69, 9.17) is 0 Å². The van der Waals surface area contributed by atoms with E-state index >= 15 is 0 Å². The van der Waals surface area contributed by atoms with Gasteiger partial charge in [0.05, 0.1) is 18.4 Å². The minimum Gasteiger partial charge on any atom is -0.273 e. The number of fused-ring (bicyclic) bond motifs is 2. The van der Waals surface area contributed by atoms with Crippen LogP contribution in [-0.2, 0) is 17.8 Å². The van der Waals surface area contributed by atoms with Crippen molar-refractivity contribution < 1.29 is 9.59 Å². The summed E-state index contributed by atoms with van der Waals surface area (Å²) in [6, 6.07) is 29.8. The van der Waals surface area contributed by atoms with Crippen LogP contribution in [0.3, 0.4) is 0 Å². The number of nitrogens with zero attached hydrogens (tertiary/aromatic N) is 2. The first-order valence-electron chi connectivity index (χ1n) is 11.2. The van der Waals surface area contributed by atoms with E-state index in [9.17, 15) is 14.4 Å². The van der Waals surface area contributed by atoms with Gasteiger partial charge in [0.15, 0.2) is 5.69 Å². The van der Waals surface area contributed by atoms with Gasteiger partial charge in [-0.15, -0.1) is 0 Å². The summed E-state index contributed by atoms with van der Waals surface area (Å²) in [5, 5.41) is 7.16. The SMILES string of the molecule is O=C(Cc1cccc2ccccc12)NNC(=O)c1nn(Cc2ccccc2)c(=O)c2ccccc12. The molecule has 0 saturated carbocycles. The highest BCUT2D eigenvalue weighted by molar-refractivity contribution is 6.05. The molecule has 5 aromatic rings. The molecule has 0 aliphatic heterocycles. The lowest BCUT2D eigenvalue weighted by Crippen LogP contribution is -2.43. The van der Waals surface area contributed by atoms with Gasteiger partial charge in [0.2, 0.25) is 5.91 Å². The molecule has 7 heteroatoms. The van der Waals surface area contributed by atoms with Gasteiger partial charge in [-0.3, -0.25) is 25.2 Å². The second kappa shape index (κ2) is 9.61. The molecule has 7 nitrogen and oxygen atoms in total. The highest BCUT2D eigenvalue weighted by Gasteiger charge is 2.18. The van der Waals surface area contributed by atoms with Crippen molar-refractivity contribution in [2.45, 2.75) is 13.0 Å². The molecule has 0 bridgehead atoms. The molecule has 0 aliphatic carbocycles. The highest BCUT2D eigenvalue weighted by Crippen LogP contribution is 2.19. The molecule has 5 rings (SSSR count). The standard InChI is InChI=1S/C28H22N4O3/c33-25(17-21-13-8-12-20-11-4-5-14-22(20)21)29-30-27(34)26-23-15-6-7-16-24(23)28(35)32(31-26)18-19-9-2-1-3-10-19/h1-16H,17-18H2,(H,29,33)(H,30,34). The summed E-state index contributed by atoms with van der Waals surface area (Å²) in [5.41, 5.74) is 6.43. The van der Waals surface area contributed by atoms with E-state index in [-0.39, 0.29) is 30.1 Å². The maximum atomic E-state index is 13.0. The van der Waals surface area contributed by atoms with Crippen LogP contribution in [0.4, 0.5) is 0 Å². The second-order valence-corrected chi connectivity index (χ2v) is 8.16. The number of hydrogen-bond donors (Lipinski definition) is 2. The van der Waals surface area contributed by atoms with Gasteiger partial charge in [-0.25, -0.2) is 4.68 Å². The summed E-state index contributed by atoms with van der Waals surface area (Å²) >= 11 is 0. The third kappa shape index (κ3) is 4.65. The molecular weight excluding hydrogens is 440 g/mol. The van der Waals surface area contributed by atoms with E-state index in [0.29, 0.717) is 10.8 Å². The van der Waals surface area contributed by atoms with E-state index in [2.05, 4.69) is 16.0 Å². The van der Waals surface area contributed by atoms with Crippen molar-refractivity contribution in [2.24, 2.45) is 0 Å². The van der Waals surface area contributed by atoms with Crippen LogP contribution in [0.15, 0.2) is 102 Å². The second-order valence-electron chi connectivity index (χ2n) is 8.16. The zero-order valence-corrected chi connectivity index (χ0v) is 18.8. The van der Waals surface area contributed by atoms with Crippen LogP contribution in [0.1, 0.15) is 21.6 Å². The Labute approximate surface area is 201 Å². The van der Waals surface area contributed by atoms with Gasteiger partial charge in [-0.1, -0.05) is 91.0 Å². The van der Waals surface area contributed by atoms with Crippen molar-refractivity contribution in [3.63, 3.8) is 0 Å². The van der Waals surface area contributed by atoms with Crippen molar-refractivity contribution in [3.05, 3.63) is 124 Å². The van der Waals surface area contributed by atoms with Gasteiger partial charge in [-0.2, -0.15) is 5.10 Å². The number of carbonyl (C=O) groups is 2. The summed E-state index contributed by atoms with van der Waals surface area (Å²) in [6.07, 6.45) is 0.101. The van der Waals surface area contributed by atoms with Crippen molar-refractivity contribution in [1.29, 1.82) is 0 Å². The smallest absolute Gasteiger partial charge is 0.273 e.